The number of rotatable bonds is 6. The van der Waals surface area contributed by atoms with Crippen molar-refractivity contribution in [3.63, 3.8) is 0 Å². The Morgan fingerprint density at radius 3 is 2.66 bits per heavy atom. The van der Waals surface area contributed by atoms with Gasteiger partial charge in [-0.2, -0.15) is 0 Å². The van der Waals surface area contributed by atoms with Gasteiger partial charge in [-0.3, -0.25) is 14.6 Å². The second-order valence-corrected chi connectivity index (χ2v) is 8.19. The topological polar surface area (TPSA) is 85.0 Å². The molecule has 2 aromatic carbocycles. The molecule has 2 aromatic rings. The van der Waals surface area contributed by atoms with Crippen LogP contribution in [0.15, 0.2) is 53.5 Å². The largest absolute Gasteiger partial charge is 0.486 e. The summed E-state index contributed by atoms with van der Waals surface area (Å²) in [5.41, 5.74) is 9.49. The van der Waals surface area contributed by atoms with E-state index in [1.165, 1.54) is 4.90 Å². The maximum atomic E-state index is 14.9. The molecule has 0 aliphatic carbocycles. The first-order valence-electron chi connectivity index (χ1n) is 10.7. The van der Waals surface area contributed by atoms with Crippen molar-refractivity contribution in [2.45, 2.75) is 32.0 Å². The van der Waals surface area contributed by atoms with E-state index in [4.69, 9.17) is 10.5 Å². The molecule has 7 heteroatoms. The van der Waals surface area contributed by atoms with Crippen LogP contribution in [-0.4, -0.2) is 54.8 Å². The molecule has 2 aliphatic rings. The van der Waals surface area contributed by atoms with E-state index in [9.17, 15) is 14.0 Å². The number of halogens is 1. The summed E-state index contributed by atoms with van der Waals surface area (Å²) < 4.78 is 20.8. The summed E-state index contributed by atoms with van der Waals surface area (Å²) in [5.74, 6) is -0.494. The summed E-state index contributed by atoms with van der Waals surface area (Å²) in [7, 11) is 0. The Bertz CT molecular complexity index is 1080. The van der Waals surface area contributed by atoms with E-state index in [1.54, 1.807) is 24.4 Å². The van der Waals surface area contributed by atoms with Crippen molar-refractivity contribution in [1.82, 2.24) is 4.90 Å². The molecule has 0 bridgehead atoms. The number of aryl methyl sites for hydroxylation is 1. The molecule has 0 saturated carbocycles. The number of likely N-dealkylation sites (tertiary alicyclic amines) is 1. The monoisotopic (exact) mass is 435 g/mol. The lowest BCUT2D eigenvalue weighted by atomic mass is 10.0. The van der Waals surface area contributed by atoms with Crippen LogP contribution in [0, 0.1) is 6.92 Å². The lowest BCUT2D eigenvalue weighted by Crippen LogP contribution is -2.49. The van der Waals surface area contributed by atoms with Crippen LogP contribution in [0.1, 0.15) is 33.5 Å². The summed E-state index contributed by atoms with van der Waals surface area (Å²) in [6.07, 6.45) is 2.14. The Labute approximate surface area is 186 Å². The molecule has 1 saturated heterocycles. The number of hydrogen-bond donors (Lipinski definition) is 1. The maximum absolute atomic E-state index is 14.9. The van der Waals surface area contributed by atoms with E-state index in [1.807, 2.05) is 37.3 Å². The predicted octanol–water partition coefficient (Wildman–Crippen LogP) is 3.12. The molecule has 0 radical (unpaired) electrons. The van der Waals surface area contributed by atoms with E-state index < -0.39 is 18.2 Å². The lowest BCUT2D eigenvalue weighted by molar-refractivity contribution is -0.134. The first-order chi connectivity index (χ1) is 15.4. The van der Waals surface area contributed by atoms with Gasteiger partial charge in [-0.25, -0.2) is 4.39 Å². The van der Waals surface area contributed by atoms with E-state index >= 15 is 0 Å². The van der Waals surface area contributed by atoms with Gasteiger partial charge in [0.2, 0.25) is 5.91 Å². The first-order valence-corrected chi connectivity index (χ1v) is 10.7. The van der Waals surface area contributed by atoms with Crippen molar-refractivity contribution >= 4 is 23.6 Å². The van der Waals surface area contributed by atoms with Gasteiger partial charge in [0.15, 0.2) is 6.17 Å². The minimum atomic E-state index is -1.37. The number of alkyl halides is 1. The maximum Gasteiger partial charge on any atom is 0.252 e. The van der Waals surface area contributed by atoms with E-state index in [2.05, 4.69) is 4.99 Å². The molecular formula is C25H26FN3O3. The molecule has 2 amide bonds. The van der Waals surface area contributed by atoms with Crippen LogP contribution in [0.2, 0.25) is 0 Å². The molecule has 2 atom stereocenters. The smallest absolute Gasteiger partial charge is 0.252 e. The van der Waals surface area contributed by atoms with Crippen LogP contribution in [0.25, 0.3) is 5.57 Å². The number of primary amides is 1. The van der Waals surface area contributed by atoms with Gasteiger partial charge >= 0.3 is 0 Å². The number of piperidine rings is 1. The average Bonchev–Trinajstić information content (AvgIpc) is 3.31. The molecule has 0 spiro atoms. The molecule has 0 unspecified atom stereocenters. The second kappa shape index (κ2) is 9.34. The van der Waals surface area contributed by atoms with Gasteiger partial charge < -0.3 is 15.4 Å². The fourth-order valence-electron chi connectivity index (χ4n) is 3.95. The number of benzene rings is 2. The van der Waals surface area contributed by atoms with Crippen LogP contribution in [-0.2, 0) is 11.2 Å². The minimum absolute atomic E-state index is 0.0390. The van der Waals surface area contributed by atoms with E-state index in [0.717, 1.165) is 22.3 Å². The number of amides is 2. The zero-order valence-electron chi connectivity index (χ0n) is 18.0. The van der Waals surface area contributed by atoms with Gasteiger partial charge in [-0.05, 0) is 35.8 Å². The summed E-state index contributed by atoms with van der Waals surface area (Å²) in [6.45, 7) is 2.94. The SMILES string of the molecule is Cc1ccc(CC(=O)N2CC[C@H](Oc3ccc(C4=CCN=C4)cc3C(N)=O)[C@H](F)C2)cc1. The molecule has 6 nitrogen and oxygen atoms in total. The zero-order valence-corrected chi connectivity index (χ0v) is 18.0. The van der Waals surface area contributed by atoms with Crippen LogP contribution in [0.5, 0.6) is 5.75 Å². The fraction of sp³-hybridized carbons (Fsp3) is 0.320. The van der Waals surface area contributed by atoms with Gasteiger partial charge in [0.05, 0.1) is 25.1 Å². The van der Waals surface area contributed by atoms with Gasteiger partial charge in [0, 0.05) is 19.2 Å². The van der Waals surface area contributed by atoms with E-state index in [0.29, 0.717) is 19.5 Å². The fourth-order valence-corrected chi connectivity index (χ4v) is 3.95. The molecule has 2 aliphatic heterocycles. The van der Waals surface area contributed by atoms with Crippen molar-refractivity contribution < 1.29 is 18.7 Å². The number of allylic oxidation sites excluding steroid dienone is 1. The summed E-state index contributed by atoms with van der Waals surface area (Å²) in [4.78, 5) is 30.3. The highest BCUT2D eigenvalue weighted by molar-refractivity contribution is 6.12. The van der Waals surface area contributed by atoms with Crippen LogP contribution < -0.4 is 10.5 Å². The van der Waals surface area contributed by atoms with Crippen LogP contribution in [0.3, 0.4) is 0 Å². The Morgan fingerprint density at radius 1 is 1.22 bits per heavy atom. The first kappa shape index (κ1) is 21.7. The zero-order chi connectivity index (χ0) is 22.7. The summed E-state index contributed by atoms with van der Waals surface area (Å²) in [5, 5.41) is 0. The molecule has 2 N–H and O–H groups in total. The normalized spacial score (nSPS) is 20.2. The number of nitrogens with two attached hydrogens (primary N) is 1. The number of nitrogens with zero attached hydrogens (tertiary/aromatic N) is 2. The van der Waals surface area contributed by atoms with Gasteiger partial charge in [0.1, 0.15) is 11.9 Å². The second-order valence-electron chi connectivity index (χ2n) is 8.19. The molecule has 4 rings (SSSR count). The quantitative estimate of drug-likeness (QED) is 0.757. The minimum Gasteiger partial charge on any atom is -0.486 e. The Hall–Kier alpha value is -3.48. The van der Waals surface area contributed by atoms with Crippen LogP contribution >= 0.6 is 0 Å². The molecule has 1 fully saturated rings. The van der Waals surface area contributed by atoms with Gasteiger partial charge in [-0.1, -0.05) is 42.0 Å². The Morgan fingerprint density at radius 2 is 2.00 bits per heavy atom. The number of carbonyl (C=O) groups is 2. The third-order valence-electron chi connectivity index (χ3n) is 5.81. The van der Waals surface area contributed by atoms with Crippen molar-refractivity contribution in [2.24, 2.45) is 10.7 Å². The summed E-state index contributed by atoms with van der Waals surface area (Å²) >= 11 is 0. The van der Waals surface area contributed by atoms with Gasteiger partial charge in [-0.15, -0.1) is 0 Å². The number of hydrogen-bond acceptors (Lipinski definition) is 4. The Kier molecular flexibility index (Phi) is 6.35. The molecular weight excluding hydrogens is 409 g/mol. The molecule has 32 heavy (non-hydrogen) atoms. The molecule has 0 aromatic heterocycles. The van der Waals surface area contributed by atoms with Crippen LogP contribution in [0.4, 0.5) is 4.39 Å². The molecule has 166 valence electrons. The third kappa shape index (κ3) is 4.88. The van der Waals surface area contributed by atoms with Crippen molar-refractivity contribution in [1.29, 1.82) is 0 Å². The molecule has 2 heterocycles. The predicted molar refractivity (Wildman–Crippen MR) is 122 cm³/mol. The van der Waals surface area contributed by atoms with Crippen molar-refractivity contribution in [2.75, 3.05) is 19.6 Å². The number of ether oxygens (including phenoxy) is 1. The highest BCUT2D eigenvalue weighted by atomic mass is 19.1. The van der Waals surface area contributed by atoms with E-state index in [-0.39, 0.29) is 30.2 Å². The van der Waals surface area contributed by atoms with Crippen molar-refractivity contribution in [3.05, 3.63) is 70.8 Å². The average molecular weight is 435 g/mol. The standard InChI is InChI=1S/C25H26FN3O3/c1-16-2-4-17(5-3-16)12-24(30)29-11-9-23(21(26)15-29)32-22-7-6-18(13-20(22)25(27)31)19-8-10-28-14-19/h2-8,13-14,21,23H,9-12,15H2,1H3,(H2,27,31)/t21-,23+/m1/s1. The highest BCUT2D eigenvalue weighted by Crippen LogP contribution is 2.28. The number of carbonyl (C=O) groups excluding carboxylic acids is 2. The number of aliphatic imine (C=N–C) groups is 1. The third-order valence-corrected chi connectivity index (χ3v) is 5.81. The van der Waals surface area contributed by atoms with Gasteiger partial charge in [0.25, 0.3) is 5.91 Å². The summed E-state index contributed by atoms with van der Waals surface area (Å²) in [6, 6.07) is 12.8. The Balaban J connectivity index is 1.40. The highest BCUT2D eigenvalue weighted by Gasteiger charge is 2.33. The van der Waals surface area contributed by atoms with Crippen molar-refractivity contribution in [3.8, 4) is 5.75 Å². The lowest BCUT2D eigenvalue weighted by Gasteiger charge is -2.35.